The summed E-state index contributed by atoms with van der Waals surface area (Å²) in [5.41, 5.74) is 0.794. The van der Waals surface area contributed by atoms with Crippen molar-refractivity contribution in [2.45, 2.75) is 32.9 Å². The highest BCUT2D eigenvalue weighted by Gasteiger charge is 2.19. The van der Waals surface area contributed by atoms with Crippen molar-refractivity contribution < 1.29 is 9.47 Å². The van der Waals surface area contributed by atoms with Gasteiger partial charge in [0.25, 0.3) is 0 Å². The van der Waals surface area contributed by atoms with E-state index in [0.29, 0.717) is 6.61 Å². The topological polar surface area (TPSA) is 48.3 Å². The molecule has 0 unspecified atom stereocenters. The minimum Gasteiger partial charge on any atom is -0.383 e. The lowest BCUT2D eigenvalue weighted by atomic mass is 10.1. The monoisotopic (exact) mass is 241 g/mol. The number of anilines is 1. The van der Waals surface area contributed by atoms with Gasteiger partial charge in [0.15, 0.2) is 0 Å². The van der Waals surface area contributed by atoms with Gasteiger partial charge < -0.3 is 19.4 Å². The van der Waals surface area contributed by atoms with E-state index in [2.05, 4.69) is 28.7 Å². The van der Waals surface area contributed by atoms with Crippen LogP contribution in [0.4, 0.5) is 5.95 Å². The highest BCUT2D eigenvalue weighted by Crippen LogP contribution is 2.16. The standard InChI is InChI=1S/C12H23N3O2/c1-10-8-15(9-12(2,3)17-5)11(14-10)13-6-7-16-4/h8H,6-7,9H2,1-5H3,(H,13,14). The van der Waals surface area contributed by atoms with Crippen LogP contribution in [-0.4, -0.2) is 42.5 Å². The van der Waals surface area contributed by atoms with Crippen LogP contribution in [0, 0.1) is 6.92 Å². The van der Waals surface area contributed by atoms with Gasteiger partial charge in [0, 0.05) is 27.0 Å². The molecule has 0 fully saturated rings. The molecular formula is C12H23N3O2. The Hall–Kier alpha value is -1.07. The molecular weight excluding hydrogens is 218 g/mol. The highest BCUT2D eigenvalue weighted by atomic mass is 16.5. The van der Waals surface area contributed by atoms with Crippen LogP contribution in [0.3, 0.4) is 0 Å². The summed E-state index contributed by atoms with van der Waals surface area (Å²) in [5.74, 6) is 0.865. The van der Waals surface area contributed by atoms with Crippen LogP contribution in [-0.2, 0) is 16.0 Å². The summed E-state index contributed by atoms with van der Waals surface area (Å²) in [5, 5.41) is 3.25. The Morgan fingerprint density at radius 2 is 2.12 bits per heavy atom. The SMILES string of the molecule is COCCNc1nc(C)cn1CC(C)(C)OC. The molecule has 0 aliphatic heterocycles. The third-order valence-electron chi connectivity index (χ3n) is 2.59. The first-order chi connectivity index (χ1) is 7.98. The van der Waals surface area contributed by atoms with Crippen molar-refractivity contribution in [1.29, 1.82) is 0 Å². The second kappa shape index (κ2) is 6.02. The molecule has 0 saturated carbocycles. The average molecular weight is 241 g/mol. The van der Waals surface area contributed by atoms with E-state index in [9.17, 15) is 0 Å². The number of hydrogen-bond acceptors (Lipinski definition) is 4. The van der Waals surface area contributed by atoms with E-state index >= 15 is 0 Å². The summed E-state index contributed by atoms with van der Waals surface area (Å²) < 4.78 is 12.5. The lowest BCUT2D eigenvalue weighted by Gasteiger charge is -2.24. The first-order valence-corrected chi connectivity index (χ1v) is 5.80. The zero-order chi connectivity index (χ0) is 12.9. The fraction of sp³-hybridized carbons (Fsp3) is 0.750. The van der Waals surface area contributed by atoms with Gasteiger partial charge in [-0.05, 0) is 20.8 Å². The summed E-state index contributed by atoms with van der Waals surface area (Å²) in [6, 6.07) is 0. The summed E-state index contributed by atoms with van der Waals surface area (Å²) in [6.45, 7) is 8.28. The molecule has 0 bridgehead atoms. The molecule has 17 heavy (non-hydrogen) atoms. The lowest BCUT2D eigenvalue weighted by Crippen LogP contribution is -2.29. The zero-order valence-corrected chi connectivity index (χ0v) is 11.4. The maximum Gasteiger partial charge on any atom is 0.203 e. The Bertz CT molecular complexity index is 348. The van der Waals surface area contributed by atoms with Crippen molar-refractivity contribution in [1.82, 2.24) is 9.55 Å². The van der Waals surface area contributed by atoms with Crippen LogP contribution in [0.2, 0.25) is 0 Å². The van der Waals surface area contributed by atoms with Gasteiger partial charge in [0.05, 0.1) is 24.4 Å². The summed E-state index contributed by atoms with van der Waals surface area (Å²) in [6.07, 6.45) is 2.02. The average Bonchev–Trinajstić information content (AvgIpc) is 2.59. The highest BCUT2D eigenvalue weighted by molar-refractivity contribution is 5.28. The third-order valence-corrected chi connectivity index (χ3v) is 2.59. The predicted molar refractivity (Wildman–Crippen MR) is 68.4 cm³/mol. The summed E-state index contributed by atoms with van der Waals surface area (Å²) in [7, 11) is 3.41. The lowest BCUT2D eigenvalue weighted by molar-refractivity contribution is 0.00856. The quantitative estimate of drug-likeness (QED) is 0.738. The molecule has 0 aliphatic carbocycles. The fourth-order valence-corrected chi connectivity index (χ4v) is 1.55. The van der Waals surface area contributed by atoms with Gasteiger partial charge >= 0.3 is 0 Å². The molecule has 1 aromatic heterocycles. The van der Waals surface area contributed by atoms with Gasteiger partial charge in [-0.15, -0.1) is 0 Å². The molecule has 0 aliphatic rings. The normalized spacial score (nSPS) is 11.8. The number of aryl methyl sites for hydroxylation is 1. The second-order valence-electron chi connectivity index (χ2n) is 4.72. The van der Waals surface area contributed by atoms with Crippen LogP contribution >= 0.6 is 0 Å². The molecule has 0 aromatic carbocycles. The number of nitrogens with one attached hydrogen (secondary N) is 1. The number of aromatic nitrogens is 2. The minimum atomic E-state index is -0.204. The van der Waals surface area contributed by atoms with Gasteiger partial charge in [0.2, 0.25) is 5.95 Å². The van der Waals surface area contributed by atoms with Crippen molar-refractivity contribution in [3.05, 3.63) is 11.9 Å². The van der Waals surface area contributed by atoms with Crippen LogP contribution < -0.4 is 5.32 Å². The smallest absolute Gasteiger partial charge is 0.203 e. The molecule has 1 aromatic rings. The third kappa shape index (κ3) is 4.36. The Morgan fingerprint density at radius 3 is 2.71 bits per heavy atom. The van der Waals surface area contributed by atoms with Crippen LogP contribution in [0.1, 0.15) is 19.5 Å². The molecule has 0 atom stereocenters. The molecule has 0 amide bonds. The van der Waals surface area contributed by atoms with Gasteiger partial charge in [-0.25, -0.2) is 4.98 Å². The van der Waals surface area contributed by atoms with Crippen molar-refractivity contribution >= 4 is 5.95 Å². The van der Waals surface area contributed by atoms with Gasteiger partial charge in [0.1, 0.15) is 0 Å². The van der Waals surface area contributed by atoms with E-state index in [4.69, 9.17) is 9.47 Å². The second-order valence-corrected chi connectivity index (χ2v) is 4.72. The number of methoxy groups -OCH3 is 2. The Morgan fingerprint density at radius 1 is 1.41 bits per heavy atom. The summed E-state index contributed by atoms with van der Waals surface area (Å²) >= 11 is 0. The molecule has 0 saturated heterocycles. The van der Waals surface area contributed by atoms with Crippen molar-refractivity contribution in [2.24, 2.45) is 0 Å². The molecule has 0 radical (unpaired) electrons. The van der Waals surface area contributed by atoms with E-state index in [0.717, 1.165) is 24.7 Å². The maximum absolute atomic E-state index is 5.43. The number of ether oxygens (including phenoxy) is 2. The Balaban J connectivity index is 2.70. The molecule has 98 valence electrons. The molecule has 1 heterocycles. The van der Waals surface area contributed by atoms with E-state index in [1.165, 1.54) is 0 Å². The molecule has 5 heteroatoms. The fourth-order valence-electron chi connectivity index (χ4n) is 1.55. The van der Waals surface area contributed by atoms with Crippen LogP contribution in [0.5, 0.6) is 0 Å². The maximum atomic E-state index is 5.43. The number of imidazole rings is 1. The molecule has 5 nitrogen and oxygen atoms in total. The van der Waals surface area contributed by atoms with E-state index in [1.54, 1.807) is 14.2 Å². The first kappa shape index (κ1) is 14.0. The van der Waals surface area contributed by atoms with E-state index in [-0.39, 0.29) is 5.60 Å². The summed E-state index contributed by atoms with van der Waals surface area (Å²) in [4.78, 5) is 4.44. The van der Waals surface area contributed by atoms with Gasteiger partial charge in [-0.3, -0.25) is 0 Å². The Kier molecular flexibility index (Phi) is 4.96. The minimum absolute atomic E-state index is 0.204. The van der Waals surface area contributed by atoms with Crippen molar-refractivity contribution in [3.63, 3.8) is 0 Å². The van der Waals surface area contributed by atoms with E-state index < -0.39 is 0 Å². The number of nitrogens with zero attached hydrogens (tertiary/aromatic N) is 2. The van der Waals surface area contributed by atoms with Crippen LogP contribution in [0.25, 0.3) is 0 Å². The van der Waals surface area contributed by atoms with Crippen molar-refractivity contribution in [2.75, 3.05) is 32.7 Å². The predicted octanol–water partition coefficient (Wildman–Crippen LogP) is 1.67. The first-order valence-electron chi connectivity index (χ1n) is 5.80. The number of hydrogen-bond donors (Lipinski definition) is 1. The zero-order valence-electron chi connectivity index (χ0n) is 11.4. The van der Waals surface area contributed by atoms with Crippen LogP contribution in [0.15, 0.2) is 6.20 Å². The molecule has 1 rings (SSSR count). The van der Waals surface area contributed by atoms with E-state index in [1.807, 2.05) is 13.1 Å². The largest absolute Gasteiger partial charge is 0.383 e. The number of rotatable bonds is 7. The Labute approximate surface area is 103 Å². The van der Waals surface area contributed by atoms with Gasteiger partial charge in [-0.2, -0.15) is 0 Å². The molecule has 0 spiro atoms. The molecule has 1 N–H and O–H groups in total. The van der Waals surface area contributed by atoms with Crippen molar-refractivity contribution in [3.8, 4) is 0 Å². The van der Waals surface area contributed by atoms with Gasteiger partial charge in [-0.1, -0.05) is 0 Å².